The monoisotopic (exact) mass is 406 g/mol. The second-order valence-corrected chi connectivity index (χ2v) is 9.53. The van der Waals surface area contributed by atoms with Crippen LogP contribution in [0.1, 0.15) is 101 Å². The molecule has 0 aromatic heterocycles. The molecule has 0 spiro atoms. The quantitative estimate of drug-likeness (QED) is 0.298. The van der Waals surface area contributed by atoms with E-state index in [1.165, 1.54) is 82.8 Å². The number of benzene rings is 1. The third-order valence-electron chi connectivity index (χ3n) is 7.50. The van der Waals surface area contributed by atoms with Crippen LogP contribution >= 0.6 is 0 Å². The van der Waals surface area contributed by atoms with Gasteiger partial charge in [-0.05, 0) is 86.3 Å². The molecule has 162 valence electrons. The van der Waals surface area contributed by atoms with E-state index in [1.54, 1.807) is 12.1 Å². The van der Waals surface area contributed by atoms with Crippen LogP contribution in [0.15, 0.2) is 36.9 Å². The standard InChI is InChI=1S/C26H37F3/c1-2-5-20-8-10-21(11-9-20)6-3-4-7-22-12-14-23(15-13-22)24-16-18-25(19-17-24)26(27,28)29/h2,16-23H,1,3-15H2/t20-,21-,22?,23?. The van der Waals surface area contributed by atoms with Gasteiger partial charge in [-0.15, -0.1) is 6.58 Å². The van der Waals surface area contributed by atoms with Gasteiger partial charge in [0.05, 0.1) is 5.56 Å². The maximum Gasteiger partial charge on any atom is 0.416 e. The molecule has 3 heteroatoms. The topological polar surface area (TPSA) is 0 Å². The highest BCUT2D eigenvalue weighted by Gasteiger charge is 2.30. The van der Waals surface area contributed by atoms with Crippen molar-refractivity contribution in [1.82, 2.24) is 0 Å². The summed E-state index contributed by atoms with van der Waals surface area (Å²) in [6, 6.07) is 5.87. The molecule has 0 aliphatic heterocycles. The molecular formula is C26H37F3. The van der Waals surface area contributed by atoms with Crippen LogP contribution in [0.2, 0.25) is 0 Å². The highest BCUT2D eigenvalue weighted by atomic mass is 19.4. The van der Waals surface area contributed by atoms with E-state index in [2.05, 4.69) is 12.7 Å². The van der Waals surface area contributed by atoms with Crippen molar-refractivity contribution in [2.45, 2.75) is 95.6 Å². The lowest BCUT2D eigenvalue weighted by Crippen LogP contribution is -2.15. The molecule has 0 nitrogen and oxygen atoms in total. The van der Waals surface area contributed by atoms with E-state index in [-0.39, 0.29) is 0 Å². The fraction of sp³-hybridized carbons (Fsp3) is 0.692. The van der Waals surface area contributed by atoms with Crippen molar-refractivity contribution in [2.24, 2.45) is 17.8 Å². The molecule has 0 unspecified atom stereocenters. The van der Waals surface area contributed by atoms with Gasteiger partial charge in [0, 0.05) is 0 Å². The molecule has 2 aliphatic rings. The molecule has 0 saturated heterocycles. The molecule has 0 N–H and O–H groups in total. The lowest BCUT2D eigenvalue weighted by Gasteiger charge is -2.30. The molecule has 0 bridgehead atoms. The summed E-state index contributed by atoms with van der Waals surface area (Å²) in [4.78, 5) is 0. The zero-order chi connectivity index (χ0) is 20.7. The Balaban J connectivity index is 1.30. The Labute approximate surface area is 175 Å². The van der Waals surface area contributed by atoms with Gasteiger partial charge in [0.2, 0.25) is 0 Å². The minimum absolute atomic E-state index is 0.444. The Kier molecular flexibility index (Phi) is 8.26. The summed E-state index contributed by atoms with van der Waals surface area (Å²) in [5, 5.41) is 0. The largest absolute Gasteiger partial charge is 0.416 e. The van der Waals surface area contributed by atoms with Gasteiger partial charge in [0.25, 0.3) is 0 Å². The minimum Gasteiger partial charge on any atom is -0.166 e. The number of hydrogen-bond acceptors (Lipinski definition) is 0. The first-order valence-electron chi connectivity index (χ1n) is 11.7. The second-order valence-electron chi connectivity index (χ2n) is 9.53. The van der Waals surface area contributed by atoms with Gasteiger partial charge >= 0.3 is 6.18 Å². The first kappa shape index (κ1) is 22.4. The Morgan fingerprint density at radius 2 is 1.24 bits per heavy atom. The van der Waals surface area contributed by atoms with Crippen molar-refractivity contribution in [3.05, 3.63) is 48.0 Å². The van der Waals surface area contributed by atoms with E-state index >= 15 is 0 Å². The van der Waals surface area contributed by atoms with Crippen molar-refractivity contribution in [3.8, 4) is 0 Å². The fourth-order valence-corrected chi connectivity index (χ4v) is 5.59. The van der Waals surface area contributed by atoms with Crippen LogP contribution < -0.4 is 0 Å². The first-order chi connectivity index (χ1) is 14.0. The van der Waals surface area contributed by atoms with Crippen molar-refractivity contribution >= 4 is 0 Å². The van der Waals surface area contributed by atoms with Gasteiger partial charge in [-0.2, -0.15) is 13.2 Å². The van der Waals surface area contributed by atoms with Gasteiger partial charge in [0.1, 0.15) is 0 Å². The van der Waals surface area contributed by atoms with Gasteiger partial charge in [0.15, 0.2) is 0 Å². The van der Waals surface area contributed by atoms with Crippen LogP contribution in [0.25, 0.3) is 0 Å². The van der Waals surface area contributed by atoms with Crippen molar-refractivity contribution < 1.29 is 13.2 Å². The Hall–Kier alpha value is -1.25. The third kappa shape index (κ3) is 6.89. The molecule has 2 saturated carbocycles. The van der Waals surface area contributed by atoms with Crippen molar-refractivity contribution in [1.29, 1.82) is 0 Å². The maximum absolute atomic E-state index is 12.7. The summed E-state index contributed by atoms with van der Waals surface area (Å²) < 4.78 is 38.2. The molecule has 0 heterocycles. The molecule has 1 aromatic rings. The van der Waals surface area contributed by atoms with Gasteiger partial charge in [-0.3, -0.25) is 0 Å². The molecule has 0 atom stereocenters. The van der Waals surface area contributed by atoms with E-state index in [0.29, 0.717) is 5.92 Å². The zero-order valence-electron chi connectivity index (χ0n) is 17.7. The van der Waals surface area contributed by atoms with Gasteiger partial charge in [-0.1, -0.05) is 56.7 Å². The average Bonchev–Trinajstić information content (AvgIpc) is 2.72. The summed E-state index contributed by atoms with van der Waals surface area (Å²) in [7, 11) is 0. The average molecular weight is 407 g/mol. The van der Waals surface area contributed by atoms with E-state index in [9.17, 15) is 13.2 Å². The first-order valence-corrected chi connectivity index (χ1v) is 11.7. The van der Waals surface area contributed by atoms with E-state index < -0.39 is 11.7 Å². The summed E-state index contributed by atoms with van der Waals surface area (Å²) in [6.45, 7) is 3.87. The maximum atomic E-state index is 12.7. The Morgan fingerprint density at radius 1 is 0.759 bits per heavy atom. The summed E-state index contributed by atoms with van der Waals surface area (Å²) in [6.07, 6.45) is 14.8. The molecule has 3 rings (SSSR count). The van der Waals surface area contributed by atoms with Crippen LogP contribution in [0.5, 0.6) is 0 Å². The molecule has 0 amide bonds. The number of alkyl halides is 3. The second kappa shape index (κ2) is 10.7. The number of halogens is 3. The lowest BCUT2D eigenvalue weighted by molar-refractivity contribution is -0.137. The molecule has 2 aliphatic carbocycles. The molecular weight excluding hydrogens is 369 g/mol. The molecule has 1 aromatic carbocycles. The van der Waals surface area contributed by atoms with Gasteiger partial charge < -0.3 is 0 Å². The van der Waals surface area contributed by atoms with Crippen LogP contribution in [0.3, 0.4) is 0 Å². The highest BCUT2D eigenvalue weighted by Crippen LogP contribution is 2.39. The Morgan fingerprint density at radius 3 is 1.72 bits per heavy atom. The van der Waals surface area contributed by atoms with Crippen molar-refractivity contribution in [2.75, 3.05) is 0 Å². The molecule has 2 fully saturated rings. The highest BCUT2D eigenvalue weighted by molar-refractivity contribution is 5.27. The third-order valence-corrected chi connectivity index (χ3v) is 7.50. The summed E-state index contributed by atoms with van der Waals surface area (Å²) in [5.41, 5.74) is 0.549. The fourth-order valence-electron chi connectivity index (χ4n) is 5.59. The predicted octanol–water partition coefficient (Wildman–Crippen LogP) is 8.92. The number of rotatable bonds is 8. The van der Waals surface area contributed by atoms with Crippen LogP contribution in [-0.2, 0) is 6.18 Å². The Bertz CT molecular complexity index is 600. The molecule has 0 radical (unpaired) electrons. The number of hydrogen-bond donors (Lipinski definition) is 0. The van der Waals surface area contributed by atoms with E-state index in [4.69, 9.17) is 0 Å². The minimum atomic E-state index is -4.24. The van der Waals surface area contributed by atoms with Crippen LogP contribution in [-0.4, -0.2) is 0 Å². The predicted molar refractivity (Wildman–Crippen MR) is 115 cm³/mol. The SMILES string of the molecule is C=CC[C@H]1CC[C@H](CCCCC2CCC(c3ccc(C(F)(F)F)cc3)CC2)CC1. The van der Waals surface area contributed by atoms with Crippen LogP contribution in [0.4, 0.5) is 13.2 Å². The smallest absolute Gasteiger partial charge is 0.166 e. The number of unbranched alkanes of at least 4 members (excludes halogenated alkanes) is 1. The lowest BCUT2D eigenvalue weighted by atomic mass is 9.76. The molecule has 29 heavy (non-hydrogen) atoms. The van der Waals surface area contributed by atoms with Crippen molar-refractivity contribution in [3.63, 3.8) is 0 Å². The number of allylic oxidation sites excluding steroid dienone is 1. The van der Waals surface area contributed by atoms with E-state index in [0.717, 1.165) is 36.2 Å². The normalized spacial score (nSPS) is 28.2. The summed E-state index contributed by atoms with van der Waals surface area (Å²) >= 11 is 0. The van der Waals surface area contributed by atoms with Crippen LogP contribution in [0, 0.1) is 17.8 Å². The van der Waals surface area contributed by atoms with E-state index in [1.807, 2.05) is 0 Å². The zero-order valence-corrected chi connectivity index (χ0v) is 17.7. The van der Waals surface area contributed by atoms with Gasteiger partial charge in [-0.25, -0.2) is 0 Å². The summed E-state index contributed by atoms with van der Waals surface area (Å²) in [5.74, 6) is 3.11.